The summed E-state index contributed by atoms with van der Waals surface area (Å²) in [6.45, 7) is 4.80. The van der Waals surface area contributed by atoms with Gasteiger partial charge in [0.1, 0.15) is 0 Å². The van der Waals surface area contributed by atoms with Crippen LogP contribution < -0.4 is 5.43 Å². The van der Waals surface area contributed by atoms with Gasteiger partial charge in [0.25, 0.3) is 5.91 Å². The molecule has 4 nitrogen and oxygen atoms in total. The van der Waals surface area contributed by atoms with Crippen LogP contribution >= 0.6 is 23.4 Å². The summed E-state index contributed by atoms with van der Waals surface area (Å²) in [5, 5.41) is 4.84. The molecule has 27 heavy (non-hydrogen) atoms. The Morgan fingerprint density at radius 3 is 2.48 bits per heavy atom. The largest absolute Gasteiger partial charge is 0.298 e. The van der Waals surface area contributed by atoms with Crippen molar-refractivity contribution in [2.45, 2.75) is 36.5 Å². The van der Waals surface area contributed by atoms with Gasteiger partial charge in [-0.25, -0.2) is 5.43 Å². The number of benzene rings is 2. The SMILES string of the molecule is C[C@H](Sc1ccc(Cl)cc1)C(=O)NN=C1CCN(Cc2ccccc2)CC1. The van der Waals surface area contributed by atoms with E-state index in [0.717, 1.165) is 43.1 Å². The average molecular weight is 402 g/mol. The van der Waals surface area contributed by atoms with Crippen LogP contribution in [0.25, 0.3) is 0 Å². The molecule has 1 atom stereocenters. The van der Waals surface area contributed by atoms with Gasteiger partial charge in [0.15, 0.2) is 0 Å². The van der Waals surface area contributed by atoms with Gasteiger partial charge in [0, 0.05) is 48.1 Å². The maximum atomic E-state index is 12.3. The van der Waals surface area contributed by atoms with E-state index in [1.54, 1.807) is 0 Å². The number of piperidine rings is 1. The van der Waals surface area contributed by atoms with Crippen LogP contribution in [-0.2, 0) is 11.3 Å². The van der Waals surface area contributed by atoms with Crippen molar-refractivity contribution < 1.29 is 4.79 Å². The molecule has 1 saturated heterocycles. The molecule has 142 valence electrons. The van der Waals surface area contributed by atoms with Crippen molar-refractivity contribution in [3.63, 3.8) is 0 Å². The quantitative estimate of drug-likeness (QED) is 0.568. The molecule has 0 spiro atoms. The van der Waals surface area contributed by atoms with E-state index < -0.39 is 0 Å². The molecular formula is C21H24ClN3OS. The van der Waals surface area contributed by atoms with Crippen LogP contribution in [0.1, 0.15) is 25.3 Å². The fraction of sp³-hybridized carbons (Fsp3) is 0.333. The van der Waals surface area contributed by atoms with Gasteiger partial charge in [0.05, 0.1) is 5.25 Å². The predicted octanol–water partition coefficient (Wildman–Crippen LogP) is 4.59. The first-order valence-corrected chi connectivity index (χ1v) is 10.4. The number of nitrogens with zero attached hydrogens (tertiary/aromatic N) is 2. The molecule has 0 aromatic heterocycles. The molecule has 0 unspecified atom stereocenters. The number of amides is 1. The Morgan fingerprint density at radius 1 is 1.15 bits per heavy atom. The van der Waals surface area contributed by atoms with E-state index in [-0.39, 0.29) is 11.2 Å². The molecule has 0 aliphatic carbocycles. The summed E-state index contributed by atoms with van der Waals surface area (Å²) < 4.78 is 0. The van der Waals surface area contributed by atoms with Gasteiger partial charge in [-0.15, -0.1) is 11.8 Å². The average Bonchev–Trinajstić information content (AvgIpc) is 2.69. The highest BCUT2D eigenvalue weighted by atomic mass is 35.5. The minimum absolute atomic E-state index is 0.0748. The van der Waals surface area contributed by atoms with Crippen molar-refractivity contribution in [3.8, 4) is 0 Å². The molecule has 1 amide bonds. The van der Waals surface area contributed by atoms with Crippen molar-refractivity contribution >= 4 is 35.0 Å². The number of carbonyl (C=O) groups is 1. The predicted molar refractivity (Wildman–Crippen MR) is 113 cm³/mol. The number of thioether (sulfide) groups is 1. The summed E-state index contributed by atoms with van der Waals surface area (Å²) in [6, 6.07) is 18.0. The fourth-order valence-electron chi connectivity index (χ4n) is 2.92. The lowest BCUT2D eigenvalue weighted by Gasteiger charge is -2.27. The van der Waals surface area contributed by atoms with Gasteiger partial charge >= 0.3 is 0 Å². The van der Waals surface area contributed by atoms with Crippen molar-refractivity contribution in [2.75, 3.05) is 13.1 Å². The summed E-state index contributed by atoms with van der Waals surface area (Å²) in [7, 11) is 0. The maximum absolute atomic E-state index is 12.3. The van der Waals surface area contributed by atoms with Crippen LogP contribution in [-0.4, -0.2) is 34.9 Å². The second-order valence-electron chi connectivity index (χ2n) is 6.63. The van der Waals surface area contributed by atoms with Gasteiger partial charge < -0.3 is 0 Å². The zero-order chi connectivity index (χ0) is 19.1. The minimum atomic E-state index is -0.214. The Balaban J connectivity index is 1.43. The van der Waals surface area contributed by atoms with E-state index in [1.807, 2.05) is 37.3 Å². The van der Waals surface area contributed by atoms with Crippen LogP contribution in [0.5, 0.6) is 0 Å². The van der Waals surface area contributed by atoms with Crippen LogP contribution in [0, 0.1) is 0 Å². The minimum Gasteiger partial charge on any atom is -0.298 e. The second kappa shape index (κ2) is 9.93. The first-order chi connectivity index (χ1) is 13.1. The number of hydrogen-bond acceptors (Lipinski definition) is 4. The lowest BCUT2D eigenvalue weighted by molar-refractivity contribution is -0.120. The van der Waals surface area contributed by atoms with Crippen LogP contribution in [0.3, 0.4) is 0 Å². The van der Waals surface area contributed by atoms with Gasteiger partial charge in [0.2, 0.25) is 0 Å². The van der Waals surface area contributed by atoms with E-state index in [4.69, 9.17) is 11.6 Å². The lowest BCUT2D eigenvalue weighted by Crippen LogP contribution is -2.35. The fourth-order valence-corrected chi connectivity index (χ4v) is 3.91. The number of carbonyl (C=O) groups excluding carboxylic acids is 1. The monoisotopic (exact) mass is 401 g/mol. The Kier molecular flexibility index (Phi) is 7.33. The number of rotatable bonds is 6. The Hall–Kier alpha value is -1.82. The summed E-state index contributed by atoms with van der Waals surface area (Å²) in [6.07, 6.45) is 1.79. The number of hydrazone groups is 1. The molecule has 1 heterocycles. The summed E-state index contributed by atoms with van der Waals surface area (Å²) in [5.41, 5.74) is 5.13. The van der Waals surface area contributed by atoms with Crippen LogP contribution in [0.2, 0.25) is 5.02 Å². The van der Waals surface area contributed by atoms with Gasteiger partial charge in [-0.2, -0.15) is 5.10 Å². The first kappa shape index (κ1) is 19.9. The standard InChI is InChI=1S/C21H24ClN3OS/c1-16(27-20-9-7-18(22)8-10-20)21(26)24-23-19-11-13-25(14-12-19)15-17-5-3-2-4-6-17/h2-10,16H,11-15H2,1H3,(H,24,26)/t16-/m0/s1. The van der Waals surface area contributed by atoms with Crippen molar-refractivity contribution in [1.82, 2.24) is 10.3 Å². The number of likely N-dealkylation sites (tertiary alicyclic amines) is 1. The van der Waals surface area contributed by atoms with E-state index in [9.17, 15) is 4.79 Å². The summed E-state index contributed by atoms with van der Waals surface area (Å²) >= 11 is 7.39. The van der Waals surface area contributed by atoms with E-state index >= 15 is 0 Å². The third-order valence-corrected chi connectivity index (χ3v) is 5.87. The Morgan fingerprint density at radius 2 is 1.81 bits per heavy atom. The summed E-state index contributed by atoms with van der Waals surface area (Å²) in [5.74, 6) is -0.0748. The molecule has 2 aromatic carbocycles. The molecule has 0 saturated carbocycles. The van der Waals surface area contributed by atoms with Gasteiger partial charge in [-0.1, -0.05) is 41.9 Å². The van der Waals surface area contributed by atoms with Crippen molar-refractivity contribution in [1.29, 1.82) is 0 Å². The Bertz CT molecular complexity index is 770. The van der Waals surface area contributed by atoms with E-state index in [1.165, 1.54) is 17.3 Å². The molecule has 0 radical (unpaired) electrons. The normalized spacial score (nSPS) is 16.0. The molecule has 0 bridgehead atoms. The lowest BCUT2D eigenvalue weighted by atomic mass is 10.1. The molecule has 6 heteroatoms. The van der Waals surface area contributed by atoms with Crippen LogP contribution in [0.4, 0.5) is 0 Å². The molecule has 1 N–H and O–H groups in total. The maximum Gasteiger partial charge on any atom is 0.253 e. The number of nitrogens with one attached hydrogen (secondary N) is 1. The third kappa shape index (κ3) is 6.38. The molecule has 1 aliphatic heterocycles. The highest BCUT2D eigenvalue weighted by Crippen LogP contribution is 2.24. The zero-order valence-electron chi connectivity index (χ0n) is 15.4. The topological polar surface area (TPSA) is 44.7 Å². The molecule has 2 aromatic rings. The third-order valence-electron chi connectivity index (χ3n) is 4.50. The molecule has 1 fully saturated rings. The van der Waals surface area contributed by atoms with Gasteiger partial charge in [-0.05, 0) is 36.8 Å². The summed E-state index contributed by atoms with van der Waals surface area (Å²) in [4.78, 5) is 15.7. The first-order valence-electron chi connectivity index (χ1n) is 9.14. The smallest absolute Gasteiger partial charge is 0.253 e. The molecule has 3 rings (SSSR count). The molecular weight excluding hydrogens is 378 g/mol. The number of halogens is 1. The highest BCUT2D eigenvalue weighted by Gasteiger charge is 2.17. The van der Waals surface area contributed by atoms with Crippen LogP contribution in [0.15, 0.2) is 64.6 Å². The Labute approximate surface area is 170 Å². The zero-order valence-corrected chi connectivity index (χ0v) is 17.0. The van der Waals surface area contributed by atoms with Gasteiger partial charge in [-0.3, -0.25) is 9.69 Å². The van der Waals surface area contributed by atoms with Crippen molar-refractivity contribution in [3.05, 3.63) is 65.2 Å². The van der Waals surface area contributed by atoms with Crippen molar-refractivity contribution in [2.24, 2.45) is 5.10 Å². The van der Waals surface area contributed by atoms with E-state index in [0.29, 0.717) is 5.02 Å². The van der Waals surface area contributed by atoms with E-state index in [2.05, 4.69) is 39.7 Å². The highest BCUT2D eigenvalue weighted by molar-refractivity contribution is 8.00. The molecule has 1 aliphatic rings. The second-order valence-corrected chi connectivity index (χ2v) is 8.48. The number of hydrogen-bond donors (Lipinski definition) is 1.